The molecule has 0 radical (unpaired) electrons. The number of halogens is 1. The van der Waals surface area contributed by atoms with Gasteiger partial charge in [-0.05, 0) is 47.6 Å². The zero-order valence-electron chi connectivity index (χ0n) is 14.0. The standard InChI is InChI=1S/C18H27ClO2/c1-7-17(3,4)13-9-11-14(12-10-13)21-15(16(19)20)18(5,6)8-2/h9-12,15H,7-8H2,1-6H3. The molecule has 0 aliphatic carbocycles. The van der Waals surface area contributed by atoms with Crippen LogP contribution in [0.5, 0.6) is 5.75 Å². The van der Waals surface area contributed by atoms with Crippen LogP contribution < -0.4 is 4.74 Å². The van der Waals surface area contributed by atoms with Gasteiger partial charge in [0.05, 0.1) is 0 Å². The molecule has 21 heavy (non-hydrogen) atoms. The Morgan fingerprint density at radius 3 is 2.00 bits per heavy atom. The number of ether oxygens (including phenoxy) is 1. The highest BCUT2D eigenvalue weighted by molar-refractivity contribution is 6.64. The monoisotopic (exact) mass is 310 g/mol. The van der Waals surface area contributed by atoms with Crippen molar-refractivity contribution < 1.29 is 9.53 Å². The SMILES string of the molecule is CCC(C)(C)c1ccc(OC(C(=O)Cl)C(C)(C)CC)cc1. The Morgan fingerprint density at radius 1 is 1.10 bits per heavy atom. The zero-order valence-corrected chi connectivity index (χ0v) is 14.8. The van der Waals surface area contributed by atoms with Gasteiger partial charge in [0.15, 0.2) is 6.10 Å². The highest BCUT2D eigenvalue weighted by atomic mass is 35.5. The first-order valence-corrected chi connectivity index (χ1v) is 7.98. The molecule has 2 nitrogen and oxygen atoms in total. The Morgan fingerprint density at radius 2 is 1.62 bits per heavy atom. The minimum atomic E-state index is -0.630. The van der Waals surface area contributed by atoms with Gasteiger partial charge in [-0.2, -0.15) is 0 Å². The van der Waals surface area contributed by atoms with E-state index in [0.29, 0.717) is 5.75 Å². The molecule has 1 aromatic rings. The largest absolute Gasteiger partial charge is 0.481 e. The summed E-state index contributed by atoms with van der Waals surface area (Å²) in [6.45, 7) is 12.6. The Hall–Kier alpha value is -1.02. The van der Waals surface area contributed by atoms with E-state index in [4.69, 9.17) is 16.3 Å². The number of hydrogen-bond donors (Lipinski definition) is 0. The fourth-order valence-corrected chi connectivity index (χ4v) is 2.36. The van der Waals surface area contributed by atoms with Crippen LogP contribution in [-0.4, -0.2) is 11.3 Å². The molecule has 0 bridgehead atoms. The third-order valence-electron chi connectivity index (χ3n) is 4.60. The topological polar surface area (TPSA) is 26.3 Å². The molecule has 0 saturated heterocycles. The van der Waals surface area contributed by atoms with E-state index in [1.807, 2.05) is 32.9 Å². The first-order valence-electron chi connectivity index (χ1n) is 7.60. The quantitative estimate of drug-likeness (QED) is 0.637. The van der Waals surface area contributed by atoms with Crippen molar-refractivity contribution in [3.05, 3.63) is 29.8 Å². The van der Waals surface area contributed by atoms with E-state index in [0.717, 1.165) is 12.8 Å². The summed E-state index contributed by atoms with van der Waals surface area (Å²) in [5, 5.41) is -0.445. The van der Waals surface area contributed by atoms with E-state index in [9.17, 15) is 4.79 Å². The summed E-state index contributed by atoms with van der Waals surface area (Å²) in [4.78, 5) is 11.7. The molecule has 0 aromatic heterocycles. The Kier molecular flexibility index (Phi) is 5.86. The molecular formula is C18H27ClO2. The van der Waals surface area contributed by atoms with Crippen LogP contribution in [0.25, 0.3) is 0 Å². The average molecular weight is 311 g/mol. The van der Waals surface area contributed by atoms with Gasteiger partial charge in [0.1, 0.15) is 5.75 Å². The predicted octanol–water partition coefficient (Wildman–Crippen LogP) is 5.32. The Labute approximate surface area is 133 Å². The number of hydrogen-bond acceptors (Lipinski definition) is 2. The average Bonchev–Trinajstić information content (AvgIpc) is 2.44. The van der Waals surface area contributed by atoms with E-state index >= 15 is 0 Å². The van der Waals surface area contributed by atoms with Crippen molar-refractivity contribution in [1.29, 1.82) is 0 Å². The van der Waals surface area contributed by atoms with Crippen LogP contribution in [0.3, 0.4) is 0 Å². The molecule has 0 heterocycles. The molecule has 0 amide bonds. The molecule has 1 aromatic carbocycles. The van der Waals surface area contributed by atoms with Gasteiger partial charge >= 0.3 is 0 Å². The number of carbonyl (C=O) groups is 1. The number of benzene rings is 1. The summed E-state index contributed by atoms with van der Waals surface area (Å²) in [6.07, 6.45) is 1.25. The Bertz CT molecular complexity index is 474. The molecule has 1 atom stereocenters. The lowest BCUT2D eigenvalue weighted by atomic mass is 9.82. The lowest BCUT2D eigenvalue weighted by molar-refractivity contribution is -0.122. The zero-order chi connectivity index (χ0) is 16.3. The van der Waals surface area contributed by atoms with Crippen molar-refractivity contribution in [3.8, 4) is 5.75 Å². The molecule has 0 saturated carbocycles. The third-order valence-corrected chi connectivity index (χ3v) is 4.80. The molecule has 1 rings (SSSR count). The normalized spacial score (nSPS) is 13.9. The van der Waals surface area contributed by atoms with Crippen LogP contribution in [0.1, 0.15) is 59.9 Å². The van der Waals surface area contributed by atoms with Crippen LogP contribution in [0.15, 0.2) is 24.3 Å². The van der Waals surface area contributed by atoms with E-state index < -0.39 is 11.3 Å². The van der Waals surface area contributed by atoms with E-state index in [2.05, 4.69) is 32.9 Å². The molecule has 3 heteroatoms. The van der Waals surface area contributed by atoms with Crippen LogP contribution in [0.2, 0.25) is 0 Å². The maximum absolute atomic E-state index is 11.7. The van der Waals surface area contributed by atoms with Crippen LogP contribution >= 0.6 is 11.6 Å². The van der Waals surface area contributed by atoms with Crippen molar-refractivity contribution in [2.75, 3.05) is 0 Å². The van der Waals surface area contributed by atoms with Crippen molar-refractivity contribution >= 4 is 16.8 Å². The maximum atomic E-state index is 11.7. The summed E-state index contributed by atoms with van der Waals surface area (Å²) in [5.74, 6) is 0.686. The number of carbonyl (C=O) groups excluding carboxylic acids is 1. The third kappa shape index (κ3) is 4.47. The van der Waals surface area contributed by atoms with Gasteiger partial charge in [0, 0.05) is 5.41 Å². The van der Waals surface area contributed by atoms with Crippen molar-refractivity contribution in [3.63, 3.8) is 0 Å². The van der Waals surface area contributed by atoms with Gasteiger partial charge < -0.3 is 4.74 Å². The second-order valence-electron chi connectivity index (χ2n) is 6.91. The highest BCUT2D eigenvalue weighted by Gasteiger charge is 2.35. The lowest BCUT2D eigenvalue weighted by Gasteiger charge is -2.31. The smallest absolute Gasteiger partial charge is 0.262 e. The molecule has 0 fully saturated rings. The Balaban J connectivity index is 2.95. The predicted molar refractivity (Wildman–Crippen MR) is 89.1 cm³/mol. The molecule has 1 unspecified atom stereocenters. The second-order valence-corrected chi connectivity index (χ2v) is 7.28. The molecule has 0 aliphatic heterocycles. The van der Waals surface area contributed by atoms with Crippen LogP contribution in [0, 0.1) is 5.41 Å². The van der Waals surface area contributed by atoms with Gasteiger partial charge in [-0.1, -0.05) is 53.7 Å². The first kappa shape index (κ1) is 18.0. The molecule has 118 valence electrons. The molecule has 0 aliphatic rings. The van der Waals surface area contributed by atoms with Crippen molar-refractivity contribution in [2.24, 2.45) is 5.41 Å². The van der Waals surface area contributed by atoms with Crippen molar-refractivity contribution in [1.82, 2.24) is 0 Å². The highest BCUT2D eigenvalue weighted by Crippen LogP contribution is 2.32. The van der Waals surface area contributed by atoms with Gasteiger partial charge in [-0.25, -0.2) is 0 Å². The summed E-state index contributed by atoms with van der Waals surface area (Å²) in [6, 6.07) is 7.97. The van der Waals surface area contributed by atoms with Crippen molar-refractivity contribution in [2.45, 2.75) is 65.9 Å². The van der Waals surface area contributed by atoms with Gasteiger partial charge in [0.2, 0.25) is 0 Å². The van der Waals surface area contributed by atoms with Crippen LogP contribution in [-0.2, 0) is 10.2 Å². The van der Waals surface area contributed by atoms with E-state index in [1.165, 1.54) is 5.56 Å². The summed E-state index contributed by atoms with van der Waals surface area (Å²) >= 11 is 5.72. The summed E-state index contributed by atoms with van der Waals surface area (Å²) in [7, 11) is 0. The molecule has 0 spiro atoms. The fraction of sp³-hybridized carbons (Fsp3) is 0.611. The fourth-order valence-electron chi connectivity index (χ4n) is 2.02. The van der Waals surface area contributed by atoms with E-state index in [1.54, 1.807) is 0 Å². The first-order chi connectivity index (χ1) is 9.64. The summed E-state index contributed by atoms with van der Waals surface area (Å²) < 4.78 is 5.85. The molecular weight excluding hydrogens is 284 g/mol. The number of rotatable bonds is 7. The van der Waals surface area contributed by atoms with Gasteiger partial charge in [-0.15, -0.1) is 0 Å². The minimum absolute atomic E-state index is 0.142. The van der Waals surface area contributed by atoms with Gasteiger partial charge in [0.25, 0.3) is 5.24 Å². The van der Waals surface area contributed by atoms with Crippen LogP contribution in [0.4, 0.5) is 0 Å². The van der Waals surface area contributed by atoms with E-state index in [-0.39, 0.29) is 10.8 Å². The maximum Gasteiger partial charge on any atom is 0.262 e. The molecule has 0 N–H and O–H groups in total. The minimum Gasteiger partial charge on any atom is -0.481 e. The van der Waals surface area contributed by atoms with Gasteiger partial charge in [-0.3, -0.25) is 4.79 Å². The summed E-state index contributed by atoms with van der Waals surface area (Å²) in [5.41, 5.74) is 1.11. The lowest BCUT2D eigenvalue weighted by Crippen LogP contribution is -2.38. The second kappa shape index (κ2) is 6.83.